The van der Waals surface area contributed by atoms with Crippen LogP contribution in [0.25, 0.3) is 44.9 Å². The quantitative estimate of drug-likeness (QED) is 0.216. The summed E-state index contributed by atoms with van der Waals surface area (Å²) < 4.78 is 0. The van der Waals surface area contributed by atoms with Crippen molar-refractivity contribution in [1.29, 1.82) is 0 Å². The number of rotatable bonds is 4. The summed E-state index contributed by atoms with van der Waals surface area (Å²) in [5.41, 5.74) is 6.33. The second kappa shape index (κ2) is 10.3. The third-order valence-corrected chi connectivity index (χ3v) is 8.61. The zero-order chi connectivity index (χ0) is 27.9. The number of fused-ring (bicyclic) bond motifs is 4. The molecule has 0 bridgehead atoms. The predicted molar refractivity (Wildman–Crippen MR) is 172 cm³/mol. The smallest absolute Gasteiger partial charge is 0.164 e. The Kier molecular flexibility index (Phi) is 6.01. The van der Waals surface area contributed by atoms with Gasteiger partial charge in [0.05, 0.1) is 11.4 Å². The van der Waals surface area contributed by atoms with Crippen molar-refractivity contribution in [3.8, 4) is 34.2 Å². The molecule has 0 N–H and O–H groups in total. The van der Waals surface area contributed by atoms with Crippen molar-refractivity contribution >= 4 is 39.6 Å². The Bertz CT molecular complexity index is 2000. The van der Waals surface area contributed by atoms with Gasteiger partial charge < -0.3 is 4.90 Å². The number of benzene rings is 6. The zero-order valence-corrected chi connectivity index (χ0v) is 23.4. The second-order valence-corrected chi connectivity index (χ2v) is 11.2. The van der Waals surface area contributed by atoms with Gasteiger partial charge in [0, 0.05) is 37.6 Å². The number of nitrogens with zero attached hydrogens (tertiary/aromatic N) is 4. The topological polar surface area (TPSA) is 41.9 Å². The molecule has 198 valence electrons. The Labute approximate surface area is 248 Å². The summed E-state index contributed by atoms with van der Waals surface area (Å²) in [5.74, 6) is 1.96. The maximum atomic E-state index is 4.92. The van der Waals surface area contributed by atoms with Crippen LogP contribution in [0.2, 0.25) is 0 Å². The van der Waals surface area contributed by atoms with E-state index in [1.165, 1.54) is 31.9 Å². The third kappa shape index (κ3) is 4.31. The summed E-state index contributed by atoms with van der Waals surface area (Å²) >= 11 is 1.83. The Balaban J connectivity index is 1.26. The van der Waals surface area contributed by atoms with Crippen molar-refractivity contribution in [3.05, 3.63) is 146 Å². The second-order valence-electron chi connectivity index (χ2n) is 10.1. The van der Waals surface area contributed by atoms with Gasteiger partial charge in [0.2, 0.25) is 0 Å². The van der Waals surface area contributed by atoms with Crippen molar-refractivity contribution in [2.45, 2.75) is 9.79 Å². The fourth-order valence-electron chi connectivity index (χ4n) is 5.48. The lowest BCUT2D eigenvalue weighted by molar-refractivity contribution is 1.07. The largest absolute Gasteiger partial charge is 0.308 e. The van der Waals surface area contributed by atoms with Gasteiger partial charge in [-0.1, -0.05) is 115 Å². The van der Waals surface area contributed by atoms with Crippen LogP contribution in [-0.2, 0) is 0 Å². The normalized spacial score (nSPS) is 12.1. The molecule has 0 amide bonds. The van der Waals surface area contributed by atoms with Gasteiger partial charge in [-0.2, -0.15) is 0 Å². The van der Waals surface area contributed by atoms with Gasteiger partial charge in [0.25, 0.3) is 0 Å². The van der Waals surface area contributed by atoms with E-state index in [4.69, 9.17) is 15.0 Å². The van der Waals surface area contributed by atoms with Crippen molar-refractivity contribution in [2.75, 3.05) is 4.90 Å². The molecule has 0 spiro atoms. The standard InChI is InChI=1S/C37H24N4S/c1-3-12-26(13-4-1)35-38-36(27-14-5-2-6-15-27)40-37(39-35)28-19-22-29(23-20-28)41-31-17-9-10-18-32(31)42-33-24-21-25-11-7-8-16-30(25)34(33)41/h1-24H. The van der Waals surface area contributed by atoms with E-state index in [0.29, 0.717) is 17.5 Å². The SMILES string of the molecule is c1ccc(-c2nc(-c3ccccc3)nc(-c3ccc(N4c5ccccc5Sc5ccc6ccccc6c54)cc3)n2)cc1. The highest BCUT2D eigenvalue weighted by Crippen LogP contribution is 2.53. The number of aromatic nitrogens is 3. The number of hydrogen-bond donors (Lipinski definition) is 0. The van der Waals surface area contributed by atoms with Crippen LogP contribution in [0.3, 0.4) is 0 Å². The van der Waals surface area contributed by atoms with E-state index < -0.39 is 0 Å². The van der Waals surface area contributed by atoms with Crippen LogP contribution < -0.4 is 4.90 Å². The molecule has 0 saturated heterocycles. The highest BCUT2D eigenvalue weighted by Gasteiger charge is 2.26. The first-order valence-corrected chi connectivity index (χ1v) is 14.7. The minimum atomic E-state index is 0.648. The predicted octanol–water partition coefficient (Wildman–Crippen LogP) is 9.96. The van der Waals surface area contributed by atoms with Gasteiger partial charge in [-0.05, 0) is 47.9 Å². The molecule has 1 aromatic heterocycles. The van der Waals surface area contributed by atoms with Crippen LogP contribution >= 0.6 is 11.8 Å². The zero-order valence-electron chi connectivity index (χ0n) is 22.6. The Morgan fingerprint density at radius 2 is 0.976 bits per heavy atom. The summed E-state index contributed by atoms with van der Waals surface area (Å²) in [6.45, 7) is 0. The van der Waals surface area contributed by atoms with Crippen LogP contribution in [0.1, 0.15) is 0 Å². The lowest BCUT2D eigenvalue weighted by atomic mass is 10.1. The van der Waals surface area contributed by atoms with Crippen LogP contribution in [-0.4, -0.2) is 15.0 Å². The first kappa shape index (κ1) is 24.5. The van der Waals surface area contributed by atoms with Gasteiger partial charge in [0.15, 0.2) is 17.5 Å². The molecule has 6 aromatic carbocycles. The molecule has 7 aromatic rings. The van der Waals surface area contributed by atoms with Crippen molar-refractivity contribution in [1.82, 2.24) is 15.0 Å². The Morgan fingerprint density at radius 1 is 0.429 bits per heavy atom. The van der Waals surface area contributed by atoms with E-state index >= 15 is 0 Å². The molecule has 1 aliphatic rings. The van der Waals surface area contributed by atoms with Crippen molar-refractivity contribution in [2.24, 2.45) is 0 Å². The van der Waals surface area contributed by atoms with E-state index in [1.807, 2.05) is 72.4 Å². The van der Waals surface area contributed by atoms with Gasteiger partial charge in [-0.15, -0.1) is 0 Å². The highest BCUT2D eigenvalue weighted by molar-refractivity contribution is 7.99. The molecule has 0 saturated carbocycles. The molecule has 4 nitrogen and oxygen atoms in total. The molecule has 0 fully saturated rings. The average Bonchev–Trinajstić information content (AvgIpc) is 3.08. The maximum absolute atomic E-state index is 4.92. The highest BCUT2D eigenvalue weighted by atomic mass is 32.2. The maximum Gasteiger partial charge on any atom is 0.164 e. The molecule has 8 rings (SSSR count). The molecule has 0 aliphatic carbocycles. The molecular weight excluding hydrogens is 533 g/mol. The van der Waals surface area contributed by atoms with E-state index in [0.717, 1.165) is 22.4 Å². The molecule has 1 aliphatic heterocycles. The molecular formula is C37H24N4S. The van der Waals surface area contributed by atoms with Gasteiger partial charge in [0.1, 0.15) is 0 Å². The van der Waals surface area contributed by atoms with Crippen molar-refractivity contribution in [3.63, 3.8) is 0 Å². The van der Waals surface area contributed by atoms with E-state index in [9.17, 15) is 0 Å². The minimum absolute atomic E-state index is 0.648. The van der Waals surface area contributed by atoms with E-state index in [-0.39, 0.29) is 0 Å². The molecule has 0 radical (unpaired) electrons. The minimum Gasteiger partial charge on any atom is -0.308 e. The van der Waals surface area contributed by atoms with E-state index in [2.05, 4.69) is 89.8 Å². The first-order chi connectivity index (χ1) is 20.8. The van der Waals surface area contributed by atoms with Gasteiger partial charge in [-0.25, -0.2) is 15.0 Å². The Morgan fingerprint density at radius 3 is 1.64 bits per heavy atom. The lowest BCUT2D eigenvalue weighted by Crippen LogP contribution is -2.15. The molecule has 0 atom stereocenters. The summed E-state index contributed by atoms with van der Waals surface area (Å²) in [4.78, 5) is 19.5. The summed E-state index contributed by atoms with van der Waals surface area (Å²) in [7, 11) is 0. The summed E-state index contributed by atoms with van der Waals surface area (Å²) in [6, 6.07) is 50.4. The molecule has 2 heterocycles. The third-order valence-electron chi connectivity index (χ3n) is 7.50. The Hall–Kier alpha value is -5.26. The summed E-state index contributed by atoms with van der Waals surface area (Å²) in [5, 5.41) is 2.46. The molecule has 42 heavy (non-hydrogen) atoms. The van der Waals surface area contributed by atoms with Crippen LogP contribution in [0.4, 0.5) is 17.1 Å². The lowest BCUT2D eigenvalue weighted by Gasteiger charge is -2.34. The monoisotopic (exact) mass is 556 g/mol. The van der Waals surface area contributed by atoms with Crippen LogP contribution in [0.15, 0.2) is 155 Å². The average molecular weight is 557 g/mol. The fraction of sp³-hybridized carbons (Fsp3) is 0. The van der Waals surface area contributed by atoms with Gasteiger partial charge >= 0.3 is 0 Å². The van der Waals surface area contributed by atoms with Gasteiger partial charge in [-0.3, -0.25) is 0 Å². The first-order valence-electron chi connectivity index (χ1n) is 13.9. The number of para-hydroxylation sites is 1. The number of anilines is 3. The van der Waals surface area contributed by atoms with E-state index in [1.54, 1.807) is 0 Å². The molecule has 0 unspecified atom stereocenters. The van der Waals surface area contributed by atoms with Crippen molar-refractivity contribution < 1.29 is 0 Å². The summed E-state index contributed by atoms with van der Waals surface area (Å²) in [6.07, 6.45) is 0. The van der Waals surface area contributed by atoms with Crippen LogP contribution in [0.5, 0.6) is 0 Å². The molecule has 5 heteroatoms. The van der Waals surface area contributed by atoms with Crippen LogP contribution in [0, 0.1) is 0 Å². The number of hydrogen-bond acceptors (Lipinski definition) is 5. The fourth-order valence-corrected chi connectivity index (χ4v) is 6.56.